The first kappa shape index (κ1) is 20.9. The van der Waals surface area contributed by atoms with E-state index in [4.69, 9.17) is 5.73 Å². The topological polar surface area (TPSA) is 84.1 Å². The number of halogens is 2. The molecule has 154 valence electrons. The van der Waals surface area contributed by atoms with Gasteiger partial charge in [0.2, 0.25) is 0 Å². The van der Waals surface area contributed by atoms with Crippen molar-refractivity contribution in [3.63, 3.8) is 0 Å². The lowest BCUT2D eigenvalue weighted by molar-refractivity contribution is 0.277. The van der Waals surface area contributed by atoms with Crippen LogP contribution in [0.25, 0.3) is 10.9 Å². The Bertz CT molecular complexity index is 1030. The summed E-state index contributed by atoms with van der Waals surface area (Å²) in [7, 11) is 0. The smallest absolute Gasteiger partial charge is 0.329 e. The SMILES string of the molecule is Cc1c(N2CC(CCN)C(C)(C)C2)c(F)cc2c(=O)[nH]c(=O)n(C3CC3)c12.Cl. The third-order valence-corrected chi connectivity index (χ3v) is 6.28. The molecule has 28 heavy (non-hydrogen) atoms. The lowest BCUT2D eigenvalue weighted by Gasteiger charge is -2.26. The number of anilines is 1. The van der Waals surface area contributed by atoms with Crippen LogP contribution in [0.2, 0.25) is 0 Å². The molecule has 2 aromatic rings. The normalized spacial score (nSPS) is 21.2. The highest BCUT2D eigenvalue weighted by Gasteiger charge is 2.40. The van der Waals surface area contributed by atoms with E-state index in [0.29, 0.717) is 29.2 Å². The van der Waals surface area contributed by atoms with Crippen LogP contribution in [-0.4, -0.2) is 29.2 Å². The van der Waals surface area contributed by atoms with Crippen LogP contribution in [0.1, 0.15) is 44.7 Å². The Morgan fingerprint density at radius 1 is 1.32 bits per heavy atom. The number of benzene rings is 1. The van der Waals surface area contributed by atoms with Gasteiger partial charge in [-0.15, -0.1) is 12.4 Å². The summed E-state index contributed by atoms with van der Waals surface area (Å²) in [5.41, 5.74) is 6.62. The van der Waals surface area contributed by atoms with Crippen molar-refractivity contribution in [2.45, 2.75) is 46.1 Å². The minimum absolute atomic E-state index is 0. The molecule has 1 saturated carbocycles. The van der Waals surface area contributed by atoms with E-state index in [1.165, 1.54) is 6.07 Å². The second-order valence-electron chi connectivity index (χ2n) is 8.73. The summed E-state index contributed by atoms with van der Waals surface area (Å²) >= 11 is 0. The van der Waals surface area contributed by atoms with Gasteiger partial charge in [0.25, 0.3) is 5.56 Å². The zero-order valence-electron chi connectivity index (χ0n) is 16.5. The molecule has 1 atom stereocenters. The van der Waals surface area contributed by atoms with E-state index in [1.54, 1.807) is 4.57 Å². The molecule has 0 spiro atoms. The molecule has 1 aromatic carbocycles. The number of nitrogens with zero attached hydrogens (tertiary/aromatic N) is 2. The first-order valence-corrected chi connectivity index (χ1v) is 9.67. The average Bonchev–Trinajstić information content (AvgIpc) is 3.35. The van der Waals surface area contributed by atoms with Crippen molar-refractivity contribution in [3.05, 3.63) is 38.3 Å². The summed E-state index contributed by atoms with van der Waals surface area (Å²) < 4.78 is 16.8. The maximum atomic E-state index is 15.1. The summed E-state index contributed by atoms with van der Waals surface area (Å²) in [5.74, 6) is -0.0301. The first-order valence-electron chi connectivity index (χ1n) is 9.67. The van der Waals surface area contributed by atoms with E-state index in [9.17, 15) is 9.59 Å². The standard InChI is InChI=1S/C20H27FN4O2.ClH/c1-11-16-14(18(26)23-19(27)25(16)13-4-5-13)8-15(21)17(11)24-9-12(6-7-22)20(2,3)10-24;/h8,12-13H,4-7,9-10,22H2,1-3H3,(H,23,26,27);1H. The maximum Gasteiger partial charge on any atom is 0.329 e. The van der Waals surface area contributed by atoms with Crippen molar-refractivity contribution in [1.82, 2.24) is 9.55 Å². The predicted molar refractivity (Wildman–Crippen MR) is 112 cm³/mol. The van der Waals surface area contributed by atoms with Gasteiger partial charge in [-0.3, -0.25) is 14.3 Å². The van der Waals surface area contributed by atoms with E-state index in [1.807, 2.05) is 6.92 Å². The van der Waals surface area contributed by atoms with Gasteiger partial charge in [0.15, 0.2) is 0 Å². The fraction of sp³-hybridized carbons (Fsp3) is 0.600. The number of hydrogen-bond acceptors (Lipinski definition) is 4. The van der Waals surface area contributed by atoms with Crippen LogP contribution in [0, 0.1) is 24.1 Å². The van der Waals surface area contributed by atoms with Crippen LogP contribution in [0.4, 0.5) is 10.1 Å². The molecule has 0 radical (unpaired) electrons. The molecule has 1 aliphatic carbocycles. The number of aromatic nitrogens is 2. The second-order valence-corrected chi connectivity index (χ2v) is 8.73. The van der Waals surface area contributed by atoms with E-state index >= 15 is 4.39 Å². The van der Waals surface area contributed by atoms with Crippen molar-refractivity contribution in [2.75, 3.05) is 24.5 Å². The monoisotopic (exact) mass is 410 g/mol. The van der Waals surface area contributed by atoms with Gasteiger partial charge in [0, 0.05) is 24.7 Å². The van der Waals surface area contributed by atoms with Gasteiger partial charge in [-0.1, -0.05) is 13.8 Å². The van der Waals surface area contributed by atoms with E-state index in [2.05, 4.69) is 23.7 Å². The van der Waals surface area contributed by atoms with Crippen molar-refractivity contribution in [2.24, 2.45) is 17.1 Å². The molecule has 8 heteroatoms. The molecule has 2 aliphatic rings. The number of rotatable bonds is 4. The van der Waals surface area contributed by atoms with Crippen molar-refractivity contribution < 1.29 is 4.39 Å². The Labute approximate surface area is 169 Å². The highest BCUT2D eigenvalue weighted by Crippen LogP contribution is 2.43. The number of aryl methyl sites for hydroxylation is 1. The molecule has 3 N–H and O–H groups in total. The third kappa shape index (κ3) is 3.24. The fourth-order valence-corrected chi connectivity index (χ4v) is 4.69. The minimum Gasteiger partial charge on any atom is -0.368 e. The number of nitrogens with two attached hydrogens (primary N) is 1. The molecule has 4 rings (SSSR count). The summed E-state index contributed by atoms with van der Waals surface area (Å²) in [6.45, 7) is 8.25. The van der Waals surface area contributed by atoms with Crippen LogP contribution >= 0.6 is 12.4 Å². The van der Waals surface area contributed by atoms with Crippen LogP contribution in [-0.2, 0) is 0 Å². The lowest BCUT2D eigenvalue weighted by atomic mass is 9.80. The molecule has 1 aliphatic heterocycles. The molecule has 2 heterocycles. The Kier molecular flexibility index (Phi) is 5.36. The van der Waals surface area contributed by atoms with Gasteiger partial charge < -0.3 is 10.6 Å². The van der Waals surface area contributed by atoms with Crippen LogP contribution in [0.5, 0.6) is 0 Å². The highest BCUT2D eigenvalue weighted by molar-refractivity contribution is 5.87. The highest BCUT2D eigenvalue weighted by atomic mass is 35.5. The van der Waals surface area contributed by atoms with Crippen molar-refractivity contribution in [3.8, 4) is 0 Å². The fourth-order valence-electron chi connectivity index (χ4n) is 4.69. The summed E-state index contributed by atoms with van der Waals surface area (Å²) in [6, 6.07) is 1.38. The van der Waals surface area contributed by atoms with Crippen LogP contribution < -0.4 is 21.9 Å². The average molecular weight is 411 g/mol. The molecule has 0 amide bonds. The number of nitrogens with one attached hydrogen (secondary N) is 1. The number of aromatic amines is 1. The van der Waals surface area contributed by atoms with Crippen LogP contribution in [0.15, 0.2) is 15.7 Å². The lowest BCUT2D eigenvalue weighted by Crippen LogP contribution is -2.31. The molecular weight excluding hydrogens is 383 g/mol. The van der Waals surface area contributed by atoms with Gasteiger partial charge in [0.1, 0.15) is 5.82 Å². The predicted octanol–water partition coefficient (Wildman–Crippen LogP) is 2.71. The van der Waals surface area contributed by atoms with Crippen molar-refractivity contribution >= 4 is 29.0 Å². The van der Waals surface area contributed by atoms with Gasteiger partial charge >= 0.3 is 5.69 Å². The molecule has 0 bridgehead atoms. The zero-order chi connectivity index (χ0) is 19.5. The van der Waals surface area contributed by atoms with Gasteiger partial charge in [0.05, 0.1) is 16.6 Å². The van der Waals surface area contributed by atoms with E-state index in [0.717, 1.165) is 32.4 Å². The third-order valence-electron chi connectivity index (χ3n) is 6.28. The molecule has 2 fully saturated rings. The Morgan fingerprint density at radius 2 is 2.00 bits per heavy atom. The molecule has 1 unspecified atom stereocenters. The molecule has 1 aromatic heterocycles. The summed E-state index contributed by atoms with van der Waals surface area (Å²) in [6.07, 6.45) is 2.70. The quantitative estimate of drug-likeness (QED) is 0.811. The van der Waals surface area contributed by atoms with E-state index in [-0.39, 0.29) is 29.3 Å². The number of hydrogen-bond donors (Lipinski definition) is 2. The maximum absolute atomic E-state index is 15.1. The van der Waals surface area contributed by atoms with Gasteiger partial charge in [-0.2, -0.15) is 0 Å². The van der Waals surface area contributed by atoms with Gasteiger partial charge in [-0.05, 0) is 50.1 Å². The first-order chi connectivity index (χ1) is 12.7. The van der Waals surface area contributed by atoms with Gasteiger partial charge in [-0.25, -0.2) is 9.18 Å². The minimum atomic E-state index is -0.525. The zero-order valence-corrected chi connectivity index (χ0v) is 17.4. The Morgan fingerprint density at radius 3 is 2.61 bits per heavy atom. The summed E-state index contributed by atoms with van der Waals surface area (Å²) in [4.78, 5) is 29.1. The van der Waals surface area contributed by atoms with E-state index < -0.39 is 17.1 Å². The van der Waals surface area contributed by atoms with Crippen LogP contribution in [0.3, 0.4) is 0 Å². The second kappa shape index (κ2) is 7.19. The Hall–Kier alpha value is -1.86. The molecule has 6 nitrogen and oxygen atoms in total. The van der Waals surface area contributed by atoms with Crippen molar-refractivity contribution in [1.29, 1.82) is 0 Å². The molecule has 1 saturated heterocycles. The number of H-pyrrole nitrogens is 1. The largest absolute Gasteiger partial charge is 0.368 e. The molecular formula is C20H28ClFN4O2. The summed E-state index contributed by atoms with van der Waals surface area (Å²) in [5, 5.41) is 0.247. The Balaban J connectivity index is 0.00000225. The number of fused-ring (bicyclic) bond motifs is 1.